The first-order valence-electron chi connectivity index (χ1n) is 8.58. The molecule has 2 N–H and O–H groups in total. The van der Waals surface area contributed by atoms with Gasteiger partial charge in [0.25, 0.3) is 0 Å². The molecule has 0 aromatic carbocycles. The molecule has 0 unspecified atom stereocenters. The van der Waals surface area contributed by atoms with E-state index in [0.717, 1.165) is 22.7 Å². The Morgan fingerprint density at radius 2 is 2.00 bits per heavy atom. The van der Waals surface area contributed by atoms with Crippen molar-refractivity contribution >= 4 is 33.1 Å². The molecule has 0 bridgehead atoms. The fourth-order valence-corrected chi connectivity index (χ4v) is 4.96. The molecule has 0 atom stereocenters. The molecule has 3 aromatic heterocycles. The van der Waals surface area contributed by atoms with Crippen LogP contribution in [0.5, 0.6) is 0 Å². The Morgan fingerprint density at radius 1 is 1.21 bits per heavy atom. The summed E-state index contributed by atoms with van der Waals surface area (Å²) in [6.07, 6.45) is 0. The third-order valence-electron chi connectivity index (χ3n) is 3.89. The topological polar surface area (TPSA) is 128 Å². The second-order valence-electron chi connectivity index (χ2n) is 6.05. The van der Waals surface area contributed by atoms with Gasteiger partial charge in [-0.3, -0.25) is 0 Å². The van der Waals surface area contributed by atoms with Crippen molar-refractivity contribution in [1.82, 2.24) is 24.7 Å². The lowest BCUT2D eigenvalue weighted by atomic mass is 10.4. The van der Waals surface area contributed by atoms with E-state index in [2.05, 4.69) is 30.1 Å². The number of methoxy groups -OCH3 is 1. The van der Waals surface area contributed by atoms with Crippen molar-refractivity contribution in [3.63, 3.8) is 0 Å². The first kappa shape index (κ1) is 20.9. The van der Waals surface area contributed by atoms with Crippen LogP contribution in [0.4, 0.5) is 5.82 Å². The number of carbonyl (C=O) groups excluding carboxylic acids is 1. The molecule has 12 heteroatoms. The molecule has 29 heavy (non-hydrogen) atoms. The third kappa shape index (κ3) is 4.78. The Balaban J connectivity index is 1.56. The van der Waals surface area contributed by atoms with E-state index in [1.807, 2.05) is 19.9 Å². The van der Waals surface area contributed by atoms with E-state index in [4.69, 9.17) is 0 Å². The van der Waals surface area contributed by atoms with E-state index in [1.54, 1.807) is 16.8 Å². The Bertz CT molecular complexity index is 1110. The second kappa shape index (κ2) is 8.68. The highest BCUT2D eigenvalue weighted by Crippen LogP contribution is 2.22. The average Bonchev–Trinajstić information content (AvgIpc) is 3.32. The molecule has 154 valence electrons. The summed E-state index contributed by atoms with van der Waals surface area (Å²) < 4.78 is 33.6. The van der Waals surface area contributed by atoms with Gasteiger partial charge in [-0.15, -0.1) is 21.5 Å². The summed E-state index contributed by atoms with van der Waals surface area (Å²) in [6, 6.07) is 6.82. The smallest absolute Gasteiger partial charge is 0.349 e. The van der Waals surface area contributed by atoms with Gasteiger partial charge in [0.05, 0.1) is 12.8 Å². The van der Waals surface area contributed by atoms with Crippen molar-refractivity contribution in [3.8, 4) is 5.82 Å². The van der Waals surface area contributed by atoms with E-state index in [1.165, 1.54) is 18.6 Å². The number of nitrogens with one attached hydrogen (secondary N) is 2. The van der Waals surface area contributed by atoms with Crippen LogP contribution in [0.25, 0.3) is 5.82 Å². The molecule has 10 nitrogen and oxygen atoms in total. The number of esters is 1. The van der Waals surface area contributed by atoms with Gasteiger partial charge in [-0.25, -0.2) is 22.6 Å². The zero-order chi connectivity index (χ0) is 21.0. The molecule has 3 aromatic rings. The second-order valence-corrected chi connectivity index (χ2v) is 8.70. The maximum Gasteiger partial charge on any atom is 0.349 e. The standard InChI is InChI=1S/C17H20N6O4S2/c1-11-10-12(2)23(22-11)15-5-4-14(20-21-15)18-7-8-19-29(25,26)13-6-9-28-16(13)17(24)27-3/h4-6,9-10,19H,7-8H2,1-3H3,(H,18,20). The molecule has 0 aliphatic heterocycles. The average molecular weight is 437 g/mol. The number of thiophene rings is 1. The molecule has 0 fully saturated rings. The van der Waals surface area contributed by atoms with Crippen LogP contribution in [-0.2, 0) is 14.8 Å². The predicted molar refractivity (Wildman–Crippen MR) is 108 cm³/mol. The summed E-state index contributed by atoms with van der Waals surface area (Å²) in [7, 11) is -2.63. The van der Waals surface area contributed by atoms with Crippen molar-refractivity contribution in [2.24, 2.45) is 0 Å². The van der Waals surface area contributed by atoms with Crippen LogP contribution in [0.3, 0.4) is 0 Å². The first-order chi connectivity index (χ1) is 13.8. The highest BCUT2D eigenvalue weighted by molar-refractivity contribution is 7.89. The highest BCUT2D eigenvalue weighted by Gasteiger charge is 2.24. The van der Waals surface area contributed by atoms with Crippen molar-refractivity contribution < 1.29 is 17.9 Å². The summed E-state index contributed by atoms with van der Waals surface area (Å²) in [5, 5.41) is 17.1. The zero-order valence-corrected chi connectivity index (χ0v) is 17.7. The van der Waals surface area contributed by atoms with Crippen LogP contribution in [-0.4, -0.2) is 54.6 Å². The van der Waals surface area contributed by atoms with Crippen LogP contribution in [0, 0.1) is 13.8 Å². The lowest BCUT2D eigenvalue weighted by molar-refractivity contribution is 0.0602. The van der Waals surface area contributed by atoms with Gasteiger partial charge in [0.1, 0.15) is 15.6 Å². The summed E-state index contributed by atoms with van der Waals surface area (Å²) in [6.45, 7) is 4.21. The number of ether oxygens (including phenoxy) is 1. The number of aromatic nitrogens is 4. The number of rotatable bonds is 8. The molecular formula is C17H20N6O4S2. The van der Waals surface area contributed by atoms with Gasteiger partial charge in [0, 0.05) is 18.8 Å². The van der Waals surface area contributed by atoms with Crippen LogP contribution in [0.1, 0.15) is 21.1 Å². The van der Waals surface area contributed by atoms with Crippen LogP contribution < -0.4 is 10.0 Å². The molecule has 3 rings (SSSR count). The van der Waals surface area contributed by atoms with Gasteiger partial charge in [0.2, 0.25) is 10.0 Å². The number of anilines is 1. The van der Waals surface area contributed by atoms with E-state index < -0.39 is 16.0 Å². The maximum absolute atomic E-state index is 12.4. The van der Waals surface area contributed by atoms with Crippen LogP contribution in [0.15, 0.2) is 34.5 Å². The van der Waals surface area contributed by atoms with Crippen molar-refractivity contribution in [1.29, 1.82) is 0 Å². The molecule has 0 saturated carbocycles. The van der Waals surface area contributed by atoms with Crippen molar-refractivity contribution in [2.45, 2.75) is 18.7 Å². The minimum Gasteiger partial charge on any atom is -0.465 e. The number of carbonyl (C=O) groups is 1. The monoisotopic (exact) mass is 436 g/mol. The number of sulfonamides is 1. The highest BCUT2D eigenvalue weighted by atomic mass is 32.2. The molecule has 0 spiro atoms. The molecule has 0 aliphatic rings. The molecule has 0 radical (unpaired) electrons. The summed E-state index contributed by atoms with van der Waals surface area (Å²) in [5.41, 5.74) is 1.84. The number of nitrogens with zero attached hydrogens (tertiary/aromatic N) is 4. The van der Waals surface area contributed by atoms with Crippen molar-refractivity contribution in [3.05, 3.63) is 45.9 Å². The van der Waals surface area contributed by atoms with E-state index in [9.17, 15) is 13.2 Å². The summed E-state index contributed by atoms with van der Waals surface area (Å²) >= 11 is 1.01. The van der Waals surface area contributed by atoms with Crippen LogP contribution >= 0.6 is 11.3 Å². The maximum atomic E-state index is 12.4. The summed E-state index contributed by atoms with van der Waals surface area (Å²) in [5.74, 6) is 0.409. The van der Waals surface area contributed by atoms with E-state index >= 15 is 0 Å². The zero-order valence-electron chi connectivity index (χ0n) is 16.0. The van der Waals surface area contributed by atoms with Gasteiger partial charge in [-0.1, -0.05) is 0 Å². The van der Waals surface area contributed by atoms with Gasteiger partial charge >= 0.3 is 5.97 Å². The van der Waals surface area contributed by atoms with E-state index in [0.29, 0.717) is 11.6 Å². The quantitative estimate of drug-likeness (QED) is 0.402. The minimum atomic E-state index is -3.83. The molecular weight excluding hydrogens is 416 g/mol. The third-order valence-corrected chi connectivity index (χ3v) is 6.42. The fraction of sp³-hybridized carbons (Fsp3) is 0.294. The predicted octanol–water partition coefficient (Wildman–Crippen LogP) is 1.52. The van der Waals surface area contributed by atoms with E-state index in [-0.39, 0.29) is 22.9 Å². The lowest BCUT2D eigenvalue weighted by Gasteiger charge is -2.09. The fourth-order valence-electron chi connectivity index (χ4n) is 2.60. The molecule has 0 saturated heterocycles. The number of aryl methyl sites for hydroxylation is 2. The van der Waals surface area contributed by atoms with Crippen molar-refractivity contribution in [2.75, 3.05) is 25.5 Å². The Kier molecular flexibility index (Phi) is 6.25. The lowest BCUT2D eigenvalue weighted by Crippen LogP contribution is -2.29. The largest absolute Gasteiger partial charge is 0.465 e. The number of hydrogen-bond acceptors (Lipinski definition) is 9. The van der Waals surface area contributed by atoms with Gasteiger partial charge in [0.15, 0.2) is 5.82 Å². The van der Waals surface area contributed by atoms with Gasteiger partial charge < -0.3 is 10.1 Å². The SMILES string of the molecule is COC(=O)c1sccc1S(=O)(=O)NCCNc1ccc(-n2nc(C)cc2C)nn1. The van der Waals surface area contributed by atoms with Gasteiger partial charge in [-0.2, -0.15) is 5.10 Å². The van der Waals surface area contributed by atoms with Gasteiger partial charge in [-0.05, 0) is 43.5 Å². The normalized spacial score (nSPS) is 11.4. The Hall–Kier alpha value is -2.83. The minimum absolute atomic E-state index is 0.0403. The molecule has 0 aliphatic carbocycles. The molecule has 0 amide bonds. The Morgan fingerprint density at radius 3 is 2.62 bits per heavy atom. The van der Waals surface area contributed by atoms with Crippen LogP contribution in [0.2, 0.25) is 0 Å². The number of hydrogen-bond donors (Lipinski definition) is 2. The molecule has 3 heterocycles. The first-order valence-corrected chi connectivity index (χ1v) is 10.9. The summed E-state index contributed by atoms with van der Waals surface area (Å²) in [4.78, 5) is 11.6. The Labute approximate surface area is 172 Å².